The second-order valence-corrected chi connectivity index (χ2v) is 12.1. The van der Waals surface area contributed by atoms with Gasteiger partial charge in [0.15, 0.2) is 0 Å². The number of anilines is 2. The van der Waals surface area contributed by atoms with E-state index in [0.717, 1.165) is 28.9 Å². The summed E-state index contributed by atoms with van der Waals surface area (Å²) in [5.74, 6) is 1.97. The average Bonchev–Trinajstić information content (AvgIpc) is 3.56. The van der Waals surface area contributed by atoms with Gasteiger partial charge in [0.25, 0.3) is 5.91 Å². The molecule has 0 spiro atoms. The third kappa shape index (κ3) is 6.60. The molecule has 2 heterocycles. The Morgan fingerprint density at radius 1 is 1.07 bits per heavy atom. The second-order valence-electron chi connectivity index (χ2n) is 10.2. The fourth-order valence-electron chi connectivity index (χ4n) is 5.12. The van der Waals surface area contributed by atoms with Crippen LogP contribution in [0.4, 0.5) is 11.6 Å². The summed E-state index contributed by atoms with van der Waals surface area (Å²) in [5.41, 5.74) is 5.68. The van der Waals surface area contributed by atoms with Crippen molar-refractivity contribution in [3.63, 3.8) is 0 Å². The lowest BCUT2D eigenvalue weighted by atomic mass is 9.93. The number of sulfonamides is 1. The van der Waals surface area contributed by atoms with Crippen molar-refractivity contribution in [1.29, 1.82) is 0 Å². The molecule has 1 amide bonds. The summed E-state index contributed by atoms with van der Waals surface area (Å²) in [4.78, 5) is 21.3. The molecule has 1 aliphatic carbocycles. The van der Waals surface area contributed by atoms with Crippen molar-refractivity contribution in [3.8, 4) is 11.5 Å². The SMILES string of the molecule is Cc1ccc(Nc2nc3cc(Oc4ccnc(C(=O)NCCNS(C)(=O)=O)c4)ccc3n2C)cc1C1CCCC1.[HH].[HH].[HH]. The number of hydrogen-bond donors (Lipinski definition) is 3. The number of aromatic nitrogens is 3. The van der Waals surface area contributed by atoms with Gasteiger partial charge in [-0.1, -0.05) is 18.9 Å². The van der Waals surface area contributed by atoms with Gasteiger partial charge in [0.2, 0.25) is 16.0 Å². The van der Waals surface area contributed by atoms with Crippen molar-refractivity contribution in [3.05, 3.63) is 71.5 Å². The van der Waals surface area contributed by atoms with E-state index in [2.05, 4.69) is 45.5 Å². The van der Waals surface area contributed by atoms with Gasteiger partial charge in [-0.05, 0) is 67.1 Å². The summed E-state index contributed by atoms with van der Waals surface area (Å²) in [6, 6.07) is 15.4. The quantitative estimate of drug-likeness (QED) is 0.216. The highest BCUT2D eigenvalue weighted by atomic mass is 32.2. The van der Waals surface area contributed by atoms with Gasteiger partial charge in [-0.3, -0.25) is 9.78 Å². The molecule has 1 fully saturated rings. The third-order valence-corrected chi connectivity index (χ3v) is 7.89. The molecule has 4 aromatic rings. The van der Waals surface area contributed by atoms with E-state index in [0.29, 0.717) is 17.4 Å². The van der Waals surface area contributed by atoms with E-state index in [1.165, 1.54) is 49.1 Å². The van der Waals surface area contributed by atoms with Crippen LogP contribution in [0, 0.1) is 6.92 Å². The minimum atomic E-state index is -3.32. The lowest BCUT2D eigenvalue weighted by Crippen LogP contribution is -2.34. The van der Waals surface area contributed by atoms with E-state index in [4.69, 9.17) is 9.72 Å². The molecule has 0 radical (unpaired) electrons. The predicted molar refractivity (Wildman–Crippen MR) is 162 cm³/mol. The summed E-state index contributed by atoms with van der Waals surface area (Å²) in [6.07, 6.45) is 7.67. The Morgan fingerprint density at radius 2 is 1.85 bits per heavy atom. The van der Waals surface area contributed by atoms with Gasteiger partial charge >= 0.3 is 0 Å². The van der Waals surface area contributed by atoms with Crippen molar-refractivity contribution in [2.24, 2.45) is 7.05 Å². The van der Waals surface area contributed by atoms with Crippen LogP contribution in [0.2, 0.25) is 0 Å². The molecule has 5 rings (SSSR count). The van der Waals surface area contributed by atoms with Gasteiger partial charge in [0, 0.05) is 48.4 Å². The molecule has 216 valence electrons. The molecule has 3 N–H and O–H groups in total. The van der Waals surface area contributed by atoms with Crippen LogP contribution in [0.25, 0.3) is 11.0 Å². The third-order valence-electron chi connectivity index (χ3n) is 7.16. The van der Waals surface area contributed by atoms with Crippen molar-refractivity contribution in [2.75, 3.05) is 24.7 Å². The number of benzene rings is 2. The van der Waals surface area contributed by atoms with Gasteiger partial charge in [-0.2, -0.15) is 0 Å². The fourth-order valence-corrected chi connectivity index (χ4v) is 5.59. The molecule has 0 aliphatic heterocycles. The molecular formula is C29H40N6O4S. The molecule has 1 saturated carbocycles. The van der Waals surface area contributed by atoms with Crippen LogP contribution in [0.5, 0.6) is 11.5 Å². The molecule has 1 aliphatic rings. The monoisotopic (exact) mass is 568 g/mol. The summed E-state index contributed by atoms with van der Waals surface area (Å²) in [5, 5.41) is 6.13. The first kappa shape index (κ1) is 27.6. The second kappa shape index (κ2) is 11.6. The number of carbonyl (C=O) groups is 1. The standard InChI is InChI=1S/C29H34N6O4S.3H2/c1-19-8-9-21(16-24(19)20-6-4-5-7-20)33-29-34-25-17-22(10-11-27(25)35(29)2)39-23-12-13-30-26(18-23)28(36)31-14-15-32-40(3,37)38;;;/h8-13,16-18,20,32H,4-7,14-15H2,1-3H3,(H,31,36)(H,33,34);3*1H. The number of imidazole rings is 1. The molecular weight excluding hydrogens is 528 g/mol. The number of hydrogen-bond acceptors (Lipinski definition) is 7. The highest BCUT2D eigenvalue weighted by molar-refractivity contribution is 7.88. The highest BCUT2D eigenvalue weighted by Crippen LogP contribution is 2.37. The van der Waals surface area contributed by atoms with E-state index >= 15 is 0 Å². The maximum absolute atomic E-state index is 12.4. The van der Waals surface area contributed by atoms with Gasteiger partial charge in [-0.15, -0.1) is 0 Å². The largest absolute Gasteiger partial charge is 0.457 e. The summed E-state index contributed by atoms with van der Waals surface area (Å²) in [6.45, 7) is 2.41. The molecule has 0 bridgehead atoms. The maximum Gasteiger partial charge on any atom is 0.270 e. The molecule has 2 aromatic carbocycles. The number of ether oxygens (including phenoxy) is 1. The van der Waals surface area contributed by atoms with Crippen LogP contribution in [-0.4, -0.2) is 48.2 Å². The maximum atomic E-state index is 12.4. The molecule has 2 aromatic heterocycles. The minimum absolute atomic E-state index is 0. The molecule has 40 heavy (non-hydrogen) atoms. The molecule has 0 unspecified atom stereocenters. The molecule has 0 saturated heterocycles. The average molecular weight is 569 g/mol. The van der Waals surface area contributed by atoms with E-state index in [1.807, 2.05) is 29.8 Å². The van der Waals surface area contributed by atoms with Crippen molar-refractivity contribution in [2.45, 2.75) is 38.5 Å². The van der Waals surface area contributed by atoms with Gasteiger partial charge in [0.05, 0.1) is 17.3 Å². The lowest BCUT2D eigenvalue weighted by molar-refractivity contribution is 0.0949. The number of pyridine rings is 1. The number of aryl methyl sites for hydroxylation is 2. The number of carbonyl (C=O) groups excluding carboxylic acids is 1. The van der Waals surface area contributed by atoms with Gasteiger partial charge < -0.3 is 19.9 Å². The number of nitrogens with one attached hydrogen (secondary N) is 3. The molecule has 0 atom stereocenters. The highest BCUT2D eigenvalue weighted by Gasteiger charge is 2.19. The Labute approximate surface area is 238 Å². The first-order valence-corrected chi connectivity index (χ1v) is 15.3. The van der Waals surface area contributed by atoms with Crippen LogP contribution in [0.3, 0.4) is 0 Å². The summed E-state index contributed by atoms with van der Waals surface area (Å²) in [7, 11) is -1.34. The number of fused-ring (bicyclic) bond motifs is 1. The Balaban J connectivity index is 0.00000215. The zero-order valence-electron chi connectivity index (χ0n) is 22.9. The Hall–Kier alpha value is -3.96. The smallest absolute Gasteiger partial charge is 0.270 e. The van der Waals surface area contributed by atoms with Crippen LogP contribution < -0.4 is 20.1 Å². The zero-order valence-corrected chi connectivity index (χ0v) is 23.7. The zero-order chi connectivity index (χ0) is 28.3. The Morgan fingerprint density at radius 3 is 2.62 bits per heavy atom. The van der Waals surface area contributed by atoms with Crippen molar-refractivity contribution >= 4 is 38.6 Å². The van der Waals surface area contributed by atoms with Crippen LogP contribution >= 0.6 is 0 Å². The topological polar surface area (TPSA) is 127 Å². The van der Waals surface area contributed by atoms with Gasteiger partial charge in [0.1, 0.15) is 17.2 Å². The predicted octanol–water partition coefficient (Wildman–Crippen LogP) is 5.49. The first-order chi connectivity index (χ1) is 19.2. The van der Waals surface area contributed by atoms with E-state index in [1.54, 1.807) is 6.07 Å². The summed E-state index contributed by atoms with van der Waals surface area (Å²) >= 11 is 0. The van der Waals surface area contributed by atoms with E-state index < -0.39 is 15.9 Å². The van der Waals surface area contributed by atoms with Crippen LogP contribution in [0.15, 0.2) is 54.7 Å². The Kier molecular flexibility index (Phi) is 8.04. The number of amides is 1. The van der Waals surface area contributed by atoms with Gasteiger partial charge in [-0.25, -0.2) is 18.1 Å². The number of nitrogens with zero attached hydrogens (tertiary/aromatic N) is 3. The first-order valence-electron chi connectivity index (χ1n) is 13.4. The Bertz CT molecular complexity index is 1660. The van der Waals surface area contributed by atoms with Crippen LogP contribution in [0.1, 0.15) is 57.5 Å². The van der Waals surface area contributed by atoms with Crippen molar-refractivity contribution in [1.82, 2.24) is 24.6 Å². The molecule has 10 nitrogen and oxygen atoms in total. The van der Waals surface area contributed by atoms with E-state index in [-0.39, 0.29) is 23.1 Å². The normalized spacial score (nSPS) is 14.0. The number of rotatable bonds is 10. The summed E-state index contributed by atoms with van der Waals surface area (Å²) < 4.78 is 32.7. The lowest BCUT2D eigenvalue weighted by Gasteiger charge is -2.15. The molecule has 11 heteroatoms. The van der Waals surface area contributed by atoms with Crippen molar-refractivity contribution < 1.29 is 22.2 Å². The van der Waals surface area contributed by atoms with Crippen LogP contribution in [-0.2, 0) is 17.1 Å². The van der Waals surface area contributed by atoms with E-state index in [9.17, 15) is 13.2 Å². The fraction of sp³-hybridized carbons (Fsp3) is 0.345. The minimum Gasteiger partial charge on any atom is -0.457 e.